The third-order valence-electron chi connectivity index (χ3n) is 8.54. The number of nitrogens with one attached hydrogen (secondary N) is 2. The highest BCUT2D eigenvalue weighted by molar-refractivity contribution is 6.00. The lowest BCUT2D eigenvalue weighted by Gasteiger charge is -2.30. The van der Waals surface area contributed by atoms with Crippen LogP contribution in [-0.4, -0.2) is 83.2 Å². The predicted octanol–water partition coefficient (Wildman–Crippen LogP) is 4.97. The highest BCUT2D eigenvalue weighted by Gasteiger charge is 2.45. The van der Waals surface area contributed by atoms with Crippen molar-refractivity contribution in [2.45, 2.75) is 25.4 Å². The van der Waals surface area contributed by atoms with E-state index in [2.05, 4.69) is 44.8 Å². The first kappa shape index (κ1) is 29.8. The number of methoxy groups -OCH3 is 1. The number of halogens is 3. The third kappa shape index (κ3) is 6.04. The predicted molar refractivity (Wildman–Crippen MR) is 159 cm³/mol. The number of nitrogens with zero attached hydrogens (tertiary/aromatic N) is 4. The van der Waals surface area contributed by atoms with Crippen LogP contribution in [0.3, 0.4) is 0 Å². The standard InChI is InChI=1S/C32H33F3N6O3/c1-44-20-31(11-15-40(19-31)18-28(42)41-13-9-22(10-14-41)21-4-2-3-5-21)30(43)37-24-6-7-26-25(17-24)29(39-38-26)23-8-12-36-27(16-23)32(33,34)35/h2,4-9,12,16-17H,3,10-11,13-15,18-20H2,1H3,(H,37,43)(H,38,39)/t31-/m1/s1. The van der Waals surface area contributed by atoms with Crippen LogP contribution in [0.5, 0.6) is 0 Å². The number of carbonyl (C=O) groups is 2. The van der Waals surface area contributed by atoms with Crippen LogP contribution in [0.15, 0.2) is 72.0 Å². The van der Waals surface area contributed by atoms with Crippen LogP contribution in [0.25, 0.3) is 22.2 Å². The molecule has 4 heterocycles. The minimum Gasteiger partial charge on any atom is -0.384 e. The Morgan fingerprint density at radius 1 is 1.16 bits per heavy atom. The quantitative estimate of drug-likeness (QED) is 0.376. The van der Waals surface area contributed by atoms with E-state index >= 15 is 0 Å². The van der Waals surface area contributed by atoms with Crippen LogP contribution >= 0.6 is 0 Å². The molecule has 6 rings (SSSR count). The molecule has 12 heteroatoms. The first-order valence-electron chi connectivity index (χ1n) is 14.5. The molecule has 9 nitrogen and oxygen atoms in total. The fraction of sp³-hybridized carbons (Fsp3) is 0.375. The second kappa shape index (κ2) is 12.0. The number of alkyl halides is 3. The number of ether oxygens (including phenoxy) is 1. The van der Waals surface area contributed by atoms with Gasteiger partial charge < -0.3 is 15.0 Å². The lowest BCUT2D eigenvalue weighted by atomic mass is 9.87. The fourth-order valence-corrected chi connectivity index (χ4v) is 6.19. The molecule has 44 heavy (non-hydrogen) atoms. The van der Waals surface area contributed by atoms with E-state index in [1.54, 1.807) is 25.3 Å². The van der Waals surface area contributed by atoms with Crippen LogP contribution in [0.4, 0.5) is 18.9 Å². The monoisotopic (exact) mass is 606 g/mol. The van der Waals surface area contributed by atoms with Gasteiger partial charge in [0, 0.05) is 49.6 Å². The maximum absolute atomic E-state index is 13.7. The maximum atomic E-state index is 13.7. The Labute approximate surface area is 252 Å². The zero-order chi connectivity index (χ0) is 30.9. The van der Waals surface area contributed by atoms with Crippen LogP contribution < -0.4 is 5.32 Å². The minimum absolute atomic E-state index is 0.0348. The highest BCUT2D eigenvalue weighted by Crippen LogP contribution is 2.35. The number of fused-ring (bicyclic) bond motifs is 1. The van der Waals surface area contributed by atoms with Gasteiger partial charge in [0.1, 0.15) is 11.4 Å². The summed E-state index contributed by atoms with van der Waals surface area (Å²) < 4.78 is 45.3. The van der Waals surface area contributed by atoms with Gasteiger partial charge in [-0.05, 0) is 67.3 Å². The number of rotatable bonds is 8. The number of pyridine rings is 1. The molecule has 2 N–H and O–H groups in total. The van der Waals surface area contributed by atoms with Gasteiger partial charge in [-0.2, -0.15) is 18.3 Å². The number of H-pyrrole nitrogens is 1. The third-order valence-corrected chi connectivity index (χ3v) is 8.54. The molecular weight excluding hydrogens is 573 g/mol. The van der Waals surface area contributed by atoms with Gasteiger partial charge >= 0.3 is 6.18 Å². The molecule has 2 aliphatic heterocycles. The number of hydrogen-bond acceptors (Lipinski definition) is 6. The average molecular weight is 607 g/mol. The smallest absolute Gasteiger partial charge is 0.384 e. The summed E-state index contributed by atoms with van der Waals surface area (Å²) in [6.45, 7) is 2.58. The van der Waals surface area contributed by atoms with Crippen molar-refractivity contribution in [3.8, 4) is 11.3 Å². The molecule has 0 unspecified atom stereocenters. The Balaban J connectivity index is 1.13. The second-order valence-electron chi connectivity index (χ2n) is 11.5. The van der Waals surface area contributed by atoms with Crippen molar-refractivity contribution in [3.05, 3.63) is 77.7 Å². The summed E-state index contributed by atoms with van der Waals surface area (Å²) in [5.41, 5.74) is 2.31. The van der Waals surface area contributed by atoms with E-state index in [0.29, 0.717) is 54.9 Å². The van der Waals surface area contributed by atoms with Gasteiger partial charge in [0.05, 0.1) is 24.1 Å². The van der Waals surface area contributed by atoms with Crippen LogP contribution in [0, 0.1) is 5.41 Å². The molecule has 1 saturated heterocycles. The molecule has 1 atom stereocenters. The van der Waals surface area contributed by atoms with Crippen LogP contribution in [0.2, 0.25) is 0 Å². The van der Waals surface area contributed by atoms with Crippen molar-refractivity contribution in [2.75, 3.05) is 51.8 Å². The molecule has 3 aliphatic rings. The summed E-state index contributed by atoms with van der Waals surface area (Å²) >= 11 is 0. The number of carbonyl (C=O) groups excluding carboxylic acids is 2. The summed E-state index contributed by atoms with van der Waals surface area (Å²) in [6.07, 6.45) is 7.40. The molecule has 2 amide bonds. The van der Waals surface area contributed by atoms with E-state index in [4.69, 9.17) is 4.74 Å². The summed E-state index contributed by atoms with van der Waals surface area (Å²) in [7, 11) is 1.54. The number of amides is 2. The number of anilines is 1. The Kier molecular flexibility index (Phi) is 8.12. The molecule has 1 fully saturated rings. The van der Waals surface area contributed by atoms with Gasteiger partial charge in [-0.1, -0.05) is 24.3 Å². The number of benzene rings is 1. The van der Waals surface area contributed by atoms with Gasteiger partial charge in [0.25, 0.3) is 0 Å². The molecule has 230 valence electrons. The summed E-state index contributed by atoms with van der Waals surface area (Å²) in [6, 6.07) is 7.52. The Hall–Kier alpha value is -4.29. The fourth-order valence-electron chi connectivity index (χ4n) is 6.19. The van der Waals surface area contributed by atoms with Crippen molar-refractivity contribution in [2.24, 2.45) is 5.41 Å². The zero-order valence-electron chi connectivity index (χ0n) is 24.3. The first-order valence-corrected chi connectivity index (χ1v) is 14.5. The van der Waals surface area contributed by atoms with E-state index < -0.39 is 17.3 Å². The molecule has 0 saturated carbocycles. The average Bonchev–Trinajstić information content (AvgIpc) is 3.78. The van der Waals surface area contributed by atoms with Crippen molar-refractivity contribution < 1.29 is 27.5 Å². The van der Waals surface area contributed by atoms with Crippen molar-refractivity contribution in [3.63, 3.8) is 0 Å². The van der Waals surface area contributed by atoms with Crippen LogP contribution in [-0.2, 0) is 20.5 Å². The topological polar surface area (TPSA) is 103 Å². The zero-order valence-corrected chi connectivity index (χ0v) is 24.3. The molecule has 0 bridgehead atoms. The minimum atomic E-state index is -4.59. The Bertz CT molecular complexity index is 1680. The van der Waals surface area contributed by atoms with Crippen molar-refractivity contribution in [1.29, 1.82) is 0 Å². The molecular formula is C32H33F3N6O3. The number of aromatic nitrogens is 3. The molecule has 3 aromatic rings. The van der Waals surface area contributed by atoms with E-state index in [0.717, 1.165) is 25.1 Å². The Morgan fingerprint density at radius 3 is 2.75 bits per heavy atom. The highest BCUT2D eigenvalue weighted by atomic mass is 19.4. The van der Waals surface area contributed by atoms with Gasteiger partial charge in [-0.3, -0.25) is 24.6 Å². The molecule has 1 aliphatic carbocycles. The lowest BCUT2D eigenvalue weighted by Crippen LogP contribution is -2.45. The van der Waals surface area contributed by atoms with E-state index in [1.807, 2.05) is 9.80 Å². The van der Waals surface area contributed by atoms with E-state index in [1.165, 1.54) is 17.2 Å². The normalized spacial score (nSPS) is 20.7. The maximum Gasteiger partial charge on any atom is 0.433 e. The molecule has 0 radical (unpaired) electrons. The number of allylic oxidation sites excluding steroid dienone is 4. The summed E-state index contributed by atoms with van der Waals surface area (Å²) in [5, 5.41) is 10.6. The molecule has 2 aromatic heterocycles. The lowest BCUT2D eigenvalue weighted by molar-refractivity contribution is -0.141. The SMILES string of the molecule is COC[C@@]1(C(=O)Nc2ccc3[nH]nc(-c4ccnc(C(F)(F)F)c4)c3c2)CCN(CC(=O)N2CC=C(C3=CCC=C3)CC2)C1. The van der Waals surface area contributed by atoms with Crippen molar-refractivity contribution >= 4 is 28.4 Å². The van der Waals surface area contributed by atoms with Gasteiger partial charge in [-0.25, -0.2) is 0 Å². The van der Waals surface area contributed by atoms with Gasteiger partial charge in [-0.15, -0.1) is 0 Å². The van der Waals surface area contributed by atoms with Gasteiger partial charge in [0.15, 0.2) is 0 Å². The number of hydrogen-bond donors (Lipinski definition) is 2. The summed E-state index contributed by atoms with van der Waals surface area (Å²) in [5.74, 6) is -0.210. The van der Waals surface area contributed by atoms with E-state index in [9.17, 15) is 22.8 Å². The van der Waals surface area contributed by atoms with E-state index in [-0.39, 0.29) is 30.5 Å². The largest absolute Gasteiger partial charge is 0.433 e. The Morgan fingerprint density at radius 2 is 2.02 bits per heavy atom. The number of likely N-dealkylation sites (tertiary alicyclic amines) is 1. The first-order chi connectivity index (χ1) is 21.1. The second-order valence-corrected chi connectivity index (χ2v) is 11.5. The van der Waals surface area contributed by atoms with Crippen LogP contribution in [0.1, 0.15) is 25.0 Å². The molecule has 0 spiro atoms. The summed E-state index contributed by atoms with van der Waals surface area (Å²) in [4.78, 5) is 34.2. The number of aromatic amines is 1. The molecule has 1 aromatic carbocycles. The van der Waals surface area contributed by atoms with Crippen molar-refractivity contribution in [1.82, 2.24) is 25.0 Å². The van der Waals surface area contributed by atoms with Gasteiger partial charge in [0.2, 0.25) is 11.8 Å².